The van der Waals surface area contributed by atoms with Crippen molar-refractivity contribution >= 4 is 42.0 Å². The number of aliphatic carboxylic acids is 1. The second kappa shape index (κ2) is 10.9. The molecular weight excluding hydrogens is 419 g/mol. The van der Waals surface area contributed by atoms with Crippen molar-refractivity contribution in [1.29, 1.82) is 0 Å². The molecule has 2 aliphatic rings. The molecular formula is C24H30Cl2N2O2. The average molecular weight is 449 g/mol. The van der Waals surface area contributed by atoms with Crippen molar-refractivity contribution in [2.45, 2.75) is 25.8 Å². The van der Waals surface area contributed by atoms with Gasteiger partial charge in [0.05, 0.1) is 5.92 Å². The second-order valence-electron chi connectivity index (χ2n) is 7.91. The van der Waals surface area contributed by atoms with E-state index in [9.17, 15) is 9.90 Å². The molecule has 6 heteroatoms. The predicted octanol–water partition coefficient (Wildman–Crippen LogP) is 5.10. The van der Waals surface area contributed by atoms with Crippen LogP contribution in [-0.4, -0.2) is 42.7 Å². The average Bonchev–Trinajstić information content (AvgIpc) is 2.83. The van der Waals surface area contributed by atoms with Gasteiger partial charge >= 0.3 is 5.97 Å². The molecule has 2 aromatic rings. The van der Waals surface area contributed by atoms with Crippen molar-refractivity contribution < 1.29 is 9.90 Å². The highest BCUT2D eigenvalue weighted by Gasteiger charge is 2.25. The van der Waals surface area contributed by atoms with E-state index in [-0.39, 0.29) is 30.7 Å². The first-order valence-electron chi connectivity index (χ1n) is 10.2. The van der Waals surface area contributed by atoms with Gasteiger partial charge in [-0.3, -0.25) is 4.79 Å². The van der Waals surface area contributed by atoms with E-state index in [1.165, 1.54) is 28.0 Å². The smallest absolute Gasteiger partial charge is 0.307 e. The molecule has 0 unspecified atom stereocenters. The van der Waals surface area contributed by atoms with E-state index in [0.29, 0.717) is 6.54 Å². The second-order valence-corrected chi connectivity index (χ2v) is 7.91. The van der Waals surface area contributed by atoms with Crippen LogP contribution >= 0.6 is 24.8 Å². The fourth-order valence-electron chi connectivity index (χ4n) is 4.51. The third-order valence-electron chi connectivity index (χ3n) is 5.97. The molecule has 0 spiro atoms. The Labute approximate surface area is 191 Å². The topological polar surface area (TPSA) is 43.8 Å². The molecule has 4 nitrogen and oxygen atoms in total. The molecule has 2 aromatic carbocycles. The monoisotopic (exact) mass is 448 g/mol. The standard InChI is InChI=1S/C24H28N2O2.2ClH/c1-25-16-18-8-2-3-10-20(18)21(22-11-4-5-13-23(22)25)12-7-15-26-14-6-9-19(17-26)24(27)28;;/h2-5,8,10-13,19H,6-7,9,14-17H2,1H3,(H,27,28);2*1H/t19-;;/m1../s1. The van der Waals surface area contributed by atoms with Crippen molar-refractivity contribution in [2.24, 2.45) is 5.92 Å². The van der Waals surface area contributed by atoms with Crippen LogP contribution in [0.1, 0.15) is 36.0 Å². The van der Waals surface area contributed by atoms with Gasteiger partial charge in [0.15, 0.2) is 0 Å². The van der Waals surface area contributed by atoms with Gasteiger partial charge in [-0.2, -0.15) is 0 Å². The quantitative estimate of drug-likeness (QED) is 0.706. The number of hydrogen-bond acceptors (Lipinski definition) is 3. The number of nitrogens with zero attached hydrogens (tertiary/aromatic N) is 2. The van der Waals surface area contributed by atoms with Crippen molar-refractivity contribution in [3.63, 3.8) is 0 Å². The van der Waals surface area contributed by atoms with E-state index in [2.05, 4.69) is 71.5 Å². The summed E-state index contributed by atoms with van der Waals surface area (Å²) in [4.78, 5) is 15.9. The highest BCUT2D eigenvalue weighted by molar-refractivity contribution is 5.89. The molecule has 0 amide bonds. The minimum Gasteiger partial charge on any atom is -0.481 e. The molecule has 4 rings (SSSR count). The van der Waals surface area contributed by atoms with Gasteiger partial charge < -0.3 is 14.9 Å². The number of hydrogen-bond donors (Lipinski definition) is 1. The Morgan fingerprint density at radius 1 is 1.10 bits per heavy atom. The number of piperidine rings is 1. The van der Waals surface area contributed by atoms with Crippen LogP contribution in [0.5, 0.6) is 0 Å². The highest BCUT2D eigenvalue weighted by Crippen LogP contribution is 2.37. The third-order valence-corrected chi connectivity index (χ3v) is 5.97. The summed E-state index contributed by atoms with van der Waals surface area (Å²) in [7, 11) is 2.15. The summed E-state index contributed by atoms with van der Waals surface area (Å²) in [6.07, 6.45) is 5.05. The fourth-order valence-corrected chi connectivity index (χ4v) is 4.51. The first-order chi connectivity index (χ1) is 13.6. The maximum atomic E-state index is 11.3. The lowest BCUT2D eigenvalue weighted by Crippen LogP contribution is -2.39. The van der Waals surface area contributed by atoms with Gasteiger partial charge in [0.2, 0.25) is 0 Å². The minimum absolute atomic E-state index is 0. The van der Waals surface area contributed by atoms with Crippen LogP contribution in [0.4, 0.5) is 5.69 Å². The summed E-state index contributed by atoms with van der Waals surface area (Å²) >= 11 is 0. The normalized spacial score (nSPS) is 19.7. The molecule has 1 atom stereocenters. The number of anilines is 1. The Hall–Kier alpha value is -2.01. The molecule has 2 aliphatic heterocycles. The van der Waals surface area contributed by atoms with Crippen LogP contribution in [-0.2, 0) is 11.3 Å². The SMILES string of the molecule is CN1Cc2ccccc2C(=CCCN2CCC[C@@H](C(=O)O)C2)c2ccccc21.Cl.Cl. The Kier molecular flexibility index (Phi) is 8.78. The maximum absolute atomic E-state index is 11.3. The van der Waals surface area contributed by atoms with Crippen molar-refractivity contribution in [2.75, 3.05) is 31.6 Å². The van der Waals surface area contributed by atoms with Crippen molar-refractivity contribution in [3.8, 4) is 0 Å². The number of fused-ring (bicyclic) bond motifs is 2. The first kappa shape index (κ1) is 24.3. The summed E-state index contributed by atoms with van der Waals surface area (Å²) in [5.41, 5.74) is 6.48. The molecule has 1 N–H and O–H groups in total. The van der Waals surface area contributed by atoms with E-state index in [4.69, 9.17) is 0 Å². The molecule has 1 saturated heterocycles. The number of carboxylic acid groups (broad SMARTS) is 1. The molecule has 30 heavy (non-hydrogen) atoms. The molecule has 162 valence electrons. The van der Waals surface area contributed by atoms with Crippen molar-refractivity contribution in [3.05, 3.63) is 71.3 Å². The Bertz CT molecular complexity index is 900. The number of benzene rings is 2. The van der Waals surface area contributed by atoms with Gasteiger partial charge in [0.25, 0.3) is 0 Å². The molecule has 0 bridgehead atoms. The van der Waals surface area contributed by atoms with Crippen LogP contribution in [0.3, 0.4) is 0 Å². The number of carbonyl (C=O) groups is 1. The van der Waals surface area contributed by atoms with Gasteiger partial charge in [-0.1, -0.05) is 48.5 Å². The molecule has 0 saturated carbocycles. The largest absolute Gasteiger partial charge is 0.481 e. The fraction of sp³-hybridized carbons (Fsp3) is 0.375. The van der Waals surface area contributed by atoms with Crippen molar-refractivity contribution in [1.82, 2.24) is 4.90 Å². The van der Waals surface area contributed by atoms with Gasteiger partial charge in [-0.05, 0) is 48.6 Å². The van der Waals surface area contributed by atoms with Crippen LogP contribution in [0.15, 0.2) is 54.6 Å². The lowest BCUT2D eigenvalue weighted by molar-refractivity contribution is -0.143. The Balaban J connectivity index is 0.00000160. The van der Waals surface area contributed by atoms with Gasteiger partial charge in [0.1, 0.15) is 0 Å². The molecule has 0 radical (unpaired) electrons. The molecule has 1 fully saturated rings. The molecule has 0 aliphatic carbocycles. The van der Waals surface area contributed by atoms with Crippen LogP contribution in [0.2, 0.25) is 0 Å². The number of halogens is 2. The van der Waals surface area contributed by atoms with E-state index in [1.807, 2.05) is 0 Å². The lowest BCUT2D eigenvalue weighted by atomic mass is 9.93. The summed E-state index contributed by atoms with van der Waals surface area (Å²) in [6.45, 7) is 3.49. The summed E-state index contributed by atoms with van der Waals surface area (Å²) in [5, 5.41) is 9.32. The number of likely N-dealkylation sites (tertiary alicyclic amines) is 1. The summed E-state index contributed by atoms with van der Waals surface area (Å²) in [5.74, 6) is -0.868. The van der Waals surface area contributed by atoms with E-state index < -0.39 is 5.97 Å². The van der Waals surface area contributed by atoms with E-state index >= 15 is 0 Å². The zero-order valence-corrected chi connectivity index (χ0v) is 18.9. The third kappa shape index (κ3) is 5.18. The van der Waals surface area contributed by atoms with Crippen LogP contribution < -0.4 is 4.90 Å². The number of para-hydroxylation sites is 1. The number of carboxylic acids is 1. The van der Waals surface area contributed by atoms with Gasteiger partial charge in [0, 0.05) is 37.9 Å². The molecule has 2 heterocycles. The van der Waals surface area contributed by atoms with Gasteiger partial charge in [-0.25, -0.2) is 0 Å². The highest BCUT2D eigenvalue weighted by atomic mass is 35.5. The van der Waals surface area contributed by atoms with E-state index in [0.717, 1.165) is 38.9 Å². The van der Waals surface area contributed by atoms with Gasteiger partial charge in [-0.15, -0.1) is 24.8 Å². The van der Waals surface area contributed by atoms with E-state index in [1.54, 1.807) is 0 Å². The first-order valence-corrected chi connectivity index (χ1v) is 10.2. The lowest BCUT2D eigenvalue weighted by Gasteiger charge is -2.30. The molecule has 0 aromatic heterocycles. The van der Waals surface area contributed by atoms with Crippen LogP contribution in [0.25, 0.3) is 5.57 Å². The number of rotatable bonds is 4. The van der Waals surface area contributed by atoms with Crippen LogP contribution in [0, 0.1) is 5.92 Å². The Morgan fingerprint density at radius 3 is 2.57 bits per heavy atom. The zero-order chi connectivity index (χ0) is 19.5. The zero-order valence-electron chi connectivity index (χ0n) is 17.3. The maximum Gasteiger partial charge on any atom is 0.307 e. The summed E-state index contributed by atoms with van der Waals surface area (Å²) in [6, 6.07) is 17.3. The minimum atomic E-state index is -0.655. The Morgan fingerprint density at radius 2 is 1.80 bits per heavy atom. The summed E-state index contributed by atoms with van der Waals surface area (Å²) < 4.78 is 0. The predicted molar refractivity (Wildman–Crippen MR) is 128 cm³/mol.